The number of carbonyl (C=O) groups is 1. The van der Waals surface area contributed by atoms with E-state index in [1.807, 2.05) is 0 Å². The van der Waals surface area contributed by atoms with E-state index in [-0.39, 0.29) is 18.7 Å². The molecule has 0 bridgehead atoms. The van der Waals surface area contributed by atoms with Gasteiger partial charge in [0.2, 0.25) is 0 Å². The van der Waals surface area contributed by atoms with Gasteiger partial charge in [0.25, 0.3) is 5.91 Å². The van der Waals surface area contributed by atoms with Crippen LogP contribution in [0.25, 0.3) is 0 Å². The highest BCUT2D eigenvalue weighted by molar-refractivity contribution is 5.94. The summed E-state index contributed by atoms with van der Waals surface area (Å²) in [6.07, 6.45) is -4.38. The topological polar surface area (TPSA) is 38.3 Å². The lowest BCUT2D eigenvalue weighted by atomic mass is 10.1. The summed E-state index contributed by atoms with van der Waals surface area (Å²) < 4.78 is 66.8. The van der Waals surface area contributed by atoms with Crippen molar-refractivity contribution in [1.82, 2.24) is 5.32 Å². The van der Waals surface area contributed by atoms with Crippen molar-refractivity contribution in [2.45, 2.75) is 19.3 Å². The van der Waals surface area contributed by atoms with Crippen molar-refractivity contribution in [2.75, 3.05) is 6.61 Å². The average molecular weight is 359 g/mol. The molecule has 1 amide bonds. The SMILES string of the molecule is O=C(NCc1ccc(COCC(F)(F)F)cc1)c1ccc(F)cc1F. The van der Waals surface area contributed by atoms with Crippen LogP contribution in [0.15, 0.2) is 42.5 Å². The molecule has 1 N–H and O–H groups in total. The van der Waals surface area contributed by atoms with Crippen LogP contribution in [-0.2, 0) is 17.9 Å². The maximum absolute atomic E-state index is 13.5. The third-order valence-corrected chi connectivity index (χ3v) is 3.19. The van der Waals surface area contributed by atoms with Crippen molar-refractivity contribution in [1.29, 1.82) is 0 Å². The lowest BCUT2D eigenvalue weighted by Gasteiger charge is -2.09. The zero-order valence-electron chi connectivity index (χ0n) is 12.9. The summed E-state index contributed by atoms with van der Waals surface area (Å²) in [6.45, 7) is -1.43. The molecule has 134 valence electrons. The van der Waals surface area contributed by atoms with E-state index < -0.39 is 30.3 Å². The van der Waals surface area contributed by atoms with Gasteiger partial charge < -0.3 is 10.1 Å². The number of carbonyl (C=O) groups excluding carboxylic acids is 1. The number of halogens is 5. The largest absolute Gasteiger partial charge is 0.411 e. The van der Waals surface area contributed by atoms with Gasteiger partial charge in [-0.3, -0.25) is 4.79 Å². The molecule has 0 aliphatic heterocycles. The van der Waals surface area contributed by atoms with Gasteiger partial charge in [-0.15, -0.1) is 0 Å². The van der Waals surface area contributed by atoms with Crippen molar-refractivity contribution in [3.05, 3.63) is 70.8 Å². The standard InChI is InChI=1S/C17H14F5NO2/c18-13-5-6-14(15(19)7-13)16(24)23-8-11-1-3-12(4-2-11)9-25-10-17(20,21)22/h1-7H,8-10H2,(H,23,24). The van der Waals surface area contributed by atoms with Crippen molar-refractivity contribution in [2.24, 2.45) is 0 Å². The molecule has 0 fully saturated rings. The highest BCUT2D eigenvalue weighted by Crippen LogP contribution is 2.16. The highest BCUT2D eigenvalue weighted by Gasteiger charge is 2.27. The summed E-state index contributed by atoms with van der Waals surface area (Å²) in [5.74, 6) is -2.44. The predicted molar refractivity (Wildman–Crippen MR) is 79.7 cm³/mol. The van der Waals surface area contributed by atoms with Gasteiger partial charge in [-0.25, -0.2) is 8.78 Å². The minimum absolute atomic E-state index is 0.0827. The minimum Gasteiger partial charge on any atom is -0.367 e. The summed E-state index contributed by atoms with van der Waals surface area (Å²) in [5.41, 5.74) is 0.929. The van der Waals surface area contributed by atoms with E-state index in [1.54, 1.807) is 24.3 Å². The molecule has 25 heavy (non-hydrogen) atoms. The fourth-order valence-corrected chi connectivity index (χ4v) is 1.99. The van der Waals surface area contributed by atoms with E-state index in [9.17, 15) is 26.7 Å². The van der Waals surface area contributed by atoms with Gasteiger partial charge in [-0.1, -0.05) is 24.3 Å². The minimum atomic E-state index is -4.38. The molecule has 2 aromatic rings. The van der Waals surface area contributed by atoms with Gasteiger partial charge in [0.15, 0.2) is 0 Å². The second-order valence-electron chi connectivity index (χ2n) is 5.23. The molecular weight excluding hydrogens is 345 g/mol. The number of ether oxygens (including phenoxy) is 1. The second-order valence-corrected chi connectivity index (χ2v) is 5.23. The molecule has 0 saturated heterocycles. The molecule has 0 aliphatic rings. The Labute approximate surface area is 140 Å². The Balaban J connectivity index is 1.85. The number of benzene rings is 2. The van der Waals surface area contributed by atoms with Crippen LogP contribution in [0.5, 0.6) is 0 Å². The van der Waals surface area contributed by atoms with Crippen LogP contribution < -0.4 is 5.32 Å². The average Bonchev–Trinajstić information content (AvgIpc) is 2.52. The zero-order chi connectivity index (χ0) is 18.4. The summed E-state index contributed by atoms with van der Waals surface area (Å²) >= 11 is 0. The highest BCUT2D eigenvalue weighted by atomic mass is 19.4. The zero-order valence-corrected chi connectivity index (χ0v) is 12.9. The number of hydrogen-bond donors (Lipinski definition) is 1. The first-order valence-corrected chi connectivity index (χ1v) is 7.20. The van der Waals surface area contributed by atoms with Crippen molar-refractivity contribution in [3.63, 3.8) is 0 Å². The van der Waals surface area contributed by atoms with Crippen LogP contribution >= 0.6 is 0 Å². The molecule has 0 saturated carbocycles. The van der Waals surface area contributed by atoms with Gasteiger partial charge in [0, 0.05) is 12.6 Å². The Kier molecular flexibility index (Phi) is 6.08. The Morgan fingerprint density at radius 3 is 2.24 bits per heavy atom. The van der Waals surface area contributed by atoms with E-state index in [0.717, 1.165) is 12.1 Å². The van der Waals surface area contributed by atoms with Gasteiger partial charge in [0.1, 0.15) is 18.2 Å². The number of alkyl halides is 3. The molecular formula is C17H14F5NO2. The maximum Gasteiger partial charge on any atom is 0.411 e. The van der Waals surface area contributed by atoms with Crippen LogP contribution in [0.3, 0.4) is 0 Å². The number of amides is 1. The fraction of sp³-hybridized carbons (Fsp3) is 0.235. The lowest BCUT2D eigenvalue weighted by Crippen LogP contribution is -2.23. The van der Waals surface area contributed by atoms with E-state index in [4.69, 9.17) is 0 Å². The molecule has 0 atom stereocenters. The number of hydrogen-bond acceptors (Lipinski definition) is 2. The molecule has 2 aromatic carbocycles. The summed E-state index contributed by atoms with van der Waals surface area (Å²) in [7, 11) is 0. The molecule has 0 heterocycles. The first-order chi connectivity index (χ1) is 11.7. The van der Waals surface area contributed by atoms with Gasteiger partial charge in [-0.2, -0.15) is 13.2 Å². The van der Waals surface area contributed by atoms with Crippen molar-refractivity contribution >= 4 is 5.91 Å². The summed E-state index contributed by atoms with van der Waals surface area (Å²) in [5, 5.41) is 2.48. The smallest absolute Gasteiger partial charge is 0.367 e. The molecule has 3 nitrogen and oxygen atoms in total. The van der Waals surface area contributed by atoms with Gasteiger partial charge >= 0.3 is 6.18 Å². The Bertz CT molecular complexity index is 729. The van der Waals surface area contributed by atoms with Crippen molar-refractivity contribution < 1.29 is 31.5 Å². The Hall–Kier alpha value is -2.48. The molecule has 8 heteroatoms. The monoisotopic (exact) mass is 359 g/mol. The third kappa shape index (κ3) is 6.15. The van der Waals surface area contributed by atoms with Crippen LogP contribution in [-0.4, -0.2) is 18.7 Å². The van der Waals surface area contributed by atoms with Gasteiger partial charge in [0.05, 0.1) is 12.2 Å². The summed E-state index contributed by atoms with van der Waals surface area (Å²) in [6, 6.07) is 8.98. The predicted octanol–water partition coefficient (Wildman–Crippen LogP) is 3.97. The molecule has 0 aromatic heterocycles. The third-order valence-electron chi connectivity index (χ3n) is 3.19. The second kappa shape index (κ2) is 8.06. The van der Waals surface area contributed by atoms with Crippen LogP contribution in [0.1, 0.15) is 21.5 Å². The quantitative estimate of drug-likeness (QED) is 0.793. The number of rotatable bonds is 6. The van der Waals surface area contributed by atoms with E-state index in [0.29, 0.717) is 17.2 Å². The van der Waals surface area contributed by atoms with Crippen LogP contribution in [0, 0.1) is 11.6 Å². The van der Waals surface area contributed by atoms with E-state index in [2.05, 4.69) is 10.1 Å². The molecule has 0 spiro atoms. The lowest BCUT2D eigenvalue weighted by molar-refractivity contribution is -0.176. The van der Waals surface area contributed by atoms with Crippen molar-refractivity contribution in [3.8, 4) is 0 Å². The Morgan fingerprint density at radius 2 is 1.64 bits per heavy atom. The maximum atomic E-state index is 13.5. The first kappa shape index (κ1) is 18.9. The van der Waals surface area contributed by atoms with E-state index >= 15 is 0 Å². The van der Waals surface area contributed by atoms with Crippen LogP contribution in [0.2, 0.25) is 0 Å². The van der Waals surface area contributed by atoms with Gasteiger partial charge in [-0.05, 0) is 23.3 Å². The normalized spacial score (nSPS) is 11.4. The molecule has 0 aliphatic carbocycles. The van der Waals surface area contributed by atoms with Crippen LogP contribution in [0.4, 0.5) is 22.0 Å². The summed E-state index contributed by atoms with van der Waals surface area (Å²) in [4.78, 5) is 11.9. The molecule has 0 radical (unpaired) electrons. The fourth-order valence-electron chi connectivity index (χ4n) is 1.99. The molecule has 0 unspecified atom stereocenters. The Morgan fingerprint density at radius 1 is 1.00 bits per heavy atom. The first-order valence-electron chi connectivity index (χ1n) is 7.20. The number of nitrogens with one attached hydrogen (secondary N) is 1. The molecule has 2 rings (SSSR count). The van der Waals surface area contributed by atoms with E-state index in [1.165, 1.54) is 0 Å².